The van der Waals surface area contributed by atoms with Gasteiger partial charge in [0.15, 0.2) is 0 Å². The minimum absolute atomic E-state index is 0.0531. The number of nitriles is 1. The van der Waals surface area contributed by atoms with E-state index in [1.54, 1.807) is 38.1 Å². The van der Waals surface area contributed by atoms with Crippen LogP contribution in [0.2, 0.25) is 0 Å². The number of ether oxygens (including phenoxy) is 2. The summed E-state index contributed by atoms with van der Waals surface area (Å²) in [6.07, 6.45) is 0. The van der Waals surface area contributed by atoms with Crippen molar-refractivity contribution >= 4 is 17.7 Å². The number of aliphatic imine (C=N–C) groups is 1. The van der Waals surface area contributed by atoms with Gasteiger partial charge in [0.1, 0.15) is 12.5 Å². The van der Waals surface area contributed by atoms with Crippen molar-refractivity contribution in [1.82, 2.24) is 0 Å². The van der Waals surface area contributed by atoms with Crippen LogP contribution in [0.4, 0.5) is 0 Å². The summed E-state index contributed by atoms with van der Waals surface area (Å²) >= 11 is 0. The van der Waals surface area contributed by atoms with Crippen LogP contribution in [0.25, 0.3) is 0 Å². The van der Waals surface area contributed by atoms with Gasteiger partial charge in [0.25, 0.3) is 0 Å². The summed E-state index contributed by atoms with van der Waals surface area (Å²) in [5.41, 5.74) is 1.94. The van der Waals surface area contributed by atoms with Gasteiger partial charge >= 0.3 is 11.9 Å². The highest BCUT2D eigenvalue weighted by Crippen LogP contribution is 2.39. The molecule has 0 aliphatic carbocycles. The molecule has 0 spiro atoms. The number of benzene rings is 1. The molecule has 7 nitrogen and oxygen atoms in total. The minimum Gasteiger partial charge on any atom is -0.481 e. The van der Waals surface area contributed by atoms with Gasteiger partial charge in [0.2, 0.25) is 0 Å². The molecule has 0 aromatic heterocycles. The summed E-state index contributed by atoms with van der Waals surface area (Å²) < 4.78 is 10.1. The number of allylic oxidation sites excluding steroid dienone is 1. The first-order chi connectivity index (χ1) is 12.4. The number of carboxylic acids is 1. The van der Waals surface area contributed by atoms with Gasteiger partial charge in [-0.1, -0.05) is 12.1 Å². The van der Waals surface area contributed by atoms with Gasteiger partial charge in [0.05, 0.1) is 23.8 Å². The Labute approximate surface area is 151 Å². The smallest absolute Gasteiger partial charge is 0.336 e. The zero-order valence-corrected chi connectivity index (χ0v) is 14.9. The maximum absolute atomic E-state index is 12.6. The highest BCUT2D eigenvalue weighted by atomic mass is 16.6. The van der Waals surface area contributed by atoms with E-state index in [9.17, 15) is 14.7 Å². The Kier molecular flexibility index (Phi) is 6.26. The third kappa shape index (κ3) is 3.98. The fourth-order valence-electron chi connectivity index (χ4n) is 3.08. The quantitative estimate of drug-likeness (QED) is 0.619. The van der Waals surface area contributed by atoms with Crippen molar-refractivity contribution < 1.29 is 24.2 Å². The van der Waals surface area contributed by atoms with Crippen LogP contribution in [0.5, 0.6) is 0 Å². The highest BCUT2D eigenvalue weighted by Gasteiger charge is 2.41. The van der Waals surface area contributed by atoms with Gasteiger partial charge in [-0.2, -0.15) is 5.26 Å². The molecular weight excluding hydrogens is 336 g/mol. The number of nitrogens with zero attached hydrogens (tertiary/aromatic N) is 2. The van der Waals surface area contributed by atoms with Gasteiger partial charge in [-0.05, 0) is 31.5 Å². The Balaban J connectivity index is 2.55. The Hall–Kier alpha value is -2.98. The number of esters is 1. The molecule has 2 rings (SSSR count). The predicted molar refractivity (Wildman–Crippen MR) is 93.7 cm³/mol. The van der Waals surface area contributed by atoms with Crippen molar-refractivity contribution in [2.45, 2.75) is 19.8 Å². The lowest BCUT2D eigenvalue weighted by atomic mass is 9.75. The van der Waals surface area contributed by atoms with E-state index < -0.39 is 23.8 Å². The van der Waals surface area contributed by atoms with Crippen molar-refractivity contribution in [2.24, 2.45) is 10.9 Å². The zero-order valence-electron chi connectivity index (χ0n) is 14.9. The standard InChI is InChI=1S/C19H20N2O5/c1-11-15(18(22)23)17(14-6-4-5-13(9-14)10-20)16(12(2)21-11)19(24)26-8-7-25-3/h4-6,9,15,17H,7-8H2,1-3H3,(H,22,23). The maximum atomic E-state index is 12.6. The van der Waals surface area contributed by atoms with Crippen LogP contribution in [-0.2, 0) is 19.1 Å². The largest absolute Gasteiger partial charge is 0.481 e. The lowest BCUT2D eigenvalue weighted by molar-refractivity contribution is -0.142. The molecule has 7 heteroatoms. The summed E-state index contributed by atoms with van der Waals surface area (Å²) in [4.78, 5) is 28.8. The van der Waals surface area contributed by atoms with Gasteiger partial charge in [-0.3, -0.25) is 9.79 Å². The van der Waals surface area contributed by atoms with Crippen LogP contribution < -0.4 is 0 Å². The first kappa shape index (κ1) is 19.3. The van der Waals surface area contributed by atoms with Crippen LogP contribution in [0.3, 0.4) is 0 Å². The van der Waals surface area contributed by atoms with Gasteiger partial charge < -0.3 is 14.6 Å². The minimum atomic E-state index is -1.09. The van der Waals surface area contributed by atoms with E-state index in [0.29, 0.717) is 22.5 Å². The van der Waals surface area contributed by atoms with E-state index in [1.807, 2.05) is 6.07 Å². The second kappa shape index (κ2) is 8.41. The molecule has 1 N–H and O–H groups in total. The summed E-state index contributed by atoms with van der Waals surface area (Å²) in [5, 5.41) is 18.9. The van der Waals surface area contributed by atoms with E-state index in [-0.39, 0.29) is 18.8 Å². The third-order valence-corrected chi connectivity index (χ3v) is 4.21. The topological polar surface area (TPSA) is 109 Å². The number of aliphatic carboxylic acids is 1. The summed E-state index contributed by atoms with van der Waals surface area (Å²) in [7, 11) is 1.49. The molecule has 1 aromatic carbocycles. The monoisotopic (exact) mass is 356 g/mol. The van der Waals surface area contributed by atoms with Crippen LogP contribution in [0.1, 0.15) is 30.9 Å². The molecule has 2 atom stereocenters. The maximum Gasteiger partial charge on any atom is 0.336 e. The van der Waals surface area contributed by atoms with Gasteiger partial charge in [-0.25, -0.2) is 4.79 Å². The molecule has 0 saturated carbocycles. The molecule has 136 valence electrons. The van der Waals surface area contributed by atoms with Crippen LogP contribution in [0.15, 0.2) is 40.5 Å². The second-order valence-electron chi connectivity index (χ2n) is 5.91. The Bertz CT molecular complexity index is 819. The third-order valence-electron chi connectivity index (χ3n) is 4.21. The summed E-state index contributed by atoms with van der Waals surface area (Å²) in [6, 6.07) is 8.61. The second-order valence-corrected chi connectivity index (χ2v) is 5.91. The molecule has 1 aromatic rings. The van der Waals surface area contributed by atoms with Crippen molar-refractivity contribution in [3.63, 3.8) is 0 Å². The van der Waals surface area contributed by atoms with Gasteiger partial charge in [0, 0.05) is 24.4 Å². The highest BCUT2D eigenvalue weighted by molar-refractivity contribution is 6.06. The molecule has 0 radical (unpaired) electrons. The Morgan fingerprint density at radius 1 is 1.31 bits per heavy atom. The SMILES string of the molecule is COCCOC(=O)C1=C(C)N=C(C)C(C(=O)O)C1c1cccc(C#N)c1. The van der Waals surface area contributed by atoms with Gasteiger partial charge in [-0.15, -0.1) is 0 Å². The molecule has 0 amide bonds. The van der Waals surface area contributed by atoms with E-state index in [2.05, 4.69) is 4.99 Å². The van der Waals surface area contributed by atoms with E-state index in [4.69, 9.17) is 14.7 Å². The van der Waals surface area contributed by atoms with E-state index in [1.165, 1.54) is 7.11 Å². The molecule has 26 heavy (non-hydrogen) atoms. The van der Waals surface area contributed by atoms with Crippen LogP contribution in [0, 0.1) is 17.2 Å². The Morgan fingerprint density at radius 2 is 2.04 bits per heavy atom. The first-order valence-corrected chi connectivity index (χ1v) is 8.05. The molecule has 1 aliphatic rings. The van der Waals surface area contributed by atoms with Crippen molar-refractivity contribution in [1.29, 1.82) is 5.26 Å². The lowest BCUT2D eigenvalue weighted by Crippen LogP contribution is -2.35. The number of hydrogen-bond acceptors (Lipinski definition) is 6. The number of carbonyl (C=O) groups excluding carboxylic acids is 1. The average Bonchev–Trinajstić information content (AvgIpc) is 2.60. The number of hydrogen-bond donors (Lipinski definition) is 1. The molecule has 0 bridgehead atoms. The van der Waals surface area contributed by atoms with Crippen LogP contribution in [-0.4, -0.2) is 43.1 Å². The lowest BCUT2D eigenvalue weighted by Gasteiger charge is -2.30. The Morgan fingerprint density at radius 3 is 2.65 bits per heavy atom. The van der Waals surface area contributed by atoms with Crippen molar-refractivity contribution in [3.8, 4) is 6.07 Å². The normalized spacial score (nSPS) is 19.5. The molecular formula is C19H20N2O5. The molecule has 0 saturated heterocycles. The zero-order chi connectivity index (χ0) is 19.3. The van der Waals surface area contributed by atoms with E-state index in [0.717, 1.165) is 0 Å². The summed E-state index contributed by atoms with van der Waals surface area (Å²) in [5.74, 6) is -3.52. The molecule has 2 unspecified atom stereocenters. The number of methoxy groups -OCH3 is 1. The molecule has 1 heterocycles. The fraction of sp³-hybridized carbons (Fsp3) is 0.368. The molecule has 1 aliphatic heterocycles. The van der Waals surface area contributed by atoms with Crippen molar-refractivity contribution in [3.05, 3.63) is 46.7 Å². The average molecular weight is 356 g/mol. The van der Waals surface area contributed by atoms with E-state index >= 15 is 0 Å². The number of carbonyl (C=O) groups is 2. The predicted octanol–water partition coefficient (Wildman–Crippen LogP) is 2.28. The number of carboxylic acid groups (broad SMARTS) is 1. The summed E-state index contributed by atoms with van der Waals surface area (Å²) in [6.45, 7) is 3.56. The first-order valence-electron chi connectivity index (χ1n) is 8.05. The van der Waals surface area contributed by atoms with Crippen molar-refractivity contribution in [2.75, 3.05) is 20.3 Å². The number of rotatable bonds is 6. The molecule has 0 fully saturated rings. The van der Waals surface area contributed by atoms with Crippen LogP contribution >= 0.6 is 0 Å². The fourth-order valence-corrected chi connectivity index (χ4v) is 3.08.